The highest BCUT2D eigenvalue weighted by Crippen LogP contribution is 2.44. The fourth-order valence-electron chi connectivity index (χ4n) is 1.77. The summed E-state index contributed by atoms with van der Waals surface area (Å²) in [5, 5.41) is 9.13. The number of aliphatic hydroxyl groups is 1. The summed E-state index contributed by atoms with van der Waals surface area (Å²) in [6.45, 7) is 1.64. The minimum absolute atomic E-state index is 0.0754. The largest absolute Gasteiger partial charge is 0.398 e. The predicted molar refractivity (Wildman–Crippen MR) is 69.5 cm³/mol. The van der Waals surface area contributed by atoms with Gasteiger partial charge in [0.05, 0.1) is 0 Å². The molecule has 0 amide bonds. The van der Waals surface area contributed by atoms with E-state index in [1.165, 1.54) is 0 Å². The van der Waals surface area contributed by atoms with Crippen molar-refractivity contribution in [3.8, 4) is 0 Å². The van der Waals surface area contributed by atoms with E-state index in [0.29, 0.717) is 5.56 Å². The smallest absolute Gasteiger partial charge is 0.243 e. The van der Waals surface area contributed by atoms with Gasteiger partial charge >= 0.3 is 0 Å². The van der Waals surface area contributed by atoms with E-state index in [-0.39, 0.29) is 24.3 Å². The number of nitrogens with two attached hydrogens (primary N) is 1. The Bertz CT molecular complexity index is 597. The van der Waals surface area contributed by atoms with Crippen molar-refractivity contribution in [2.24, 2.45) is 5.41 Å². The van der Waals surface area contributed by atoms with E-state index < -0.39 is 20.7 Å². The molecule has 0 atom stereocenters. The average Bonchev–Trinajstić information content (AvgIpc) is 3.12. The minimum Gasteiger partial charge on any atom is -0.398 e. The van der Waals surface area contributed by atoms with Crippen LogP contribution in [0.5, 0.6) is 0 Å². The fourth-order valence-corrected chi connectivity index (χ4v) is 3.02. The van der Waals surface area contributed by atoms with E-state index in [9.17, 15) is 12.8 Å². The molecule has 106 valence electrons. The second-order valence-corrected chi connectivity index (χ2v) is 6.86. The van der Waals surface area contributed by atoms with Crippen molar-refractivity contribution in [1.82, 2.24) is 4.72 Å². The Balaban J connectivity index is 2.22. The highest BCUT2D eigenvalue weighted by Gasteiger charge is 2.42. The zero-order valence-corrected chi connectivity index (χ0v) is 11.4. The molecule has 5 nitrogen and oxygen atoms in total. The molecule has 4 N–H and O–H groups in total. The molecule has 0 bridgehead atoms. The van der Waals surface area contributed by atoms with Crippen molar-refractivity contribution >= 4 is 15.7 Å². The van der Waals surface area contributed by atoms with Crippen LogP contribution in [0.4, 0.5) is 10.1 Å². The SMILES string of the molecule is Cc1cc(F)c(S(=O)(=O)NCC2(CO)CC2)cc1N. The molecule has 1 aliphatic carbocycles. The number of halogens is 1. The molecule has 1 saturated carbocycles. The molecule has 1 fully saturated rings. The van der Waals surface area contributed by atoms with Crippen LogP contribution in [0.3, 0.4) is 0 Å². The maximum Gasteiger partial charge on any atom is 0.243 e. The molecule has 0 heterocycles. The van der Waals surface area contributed by atoms with Gasteiger partial charge in [0.15, 0.2) is 0 Å². The number of benzene rings is 1. The lowest BCUT2D eigenvalue weighted by Crippen LogP contribution is -2.32. The Morgan fingerprint density at radius 1 is 1.47 bits per heavy atom. The van der Waals surface area contributed by atoms with Gasteiger partial charge in [0.2, 0.25) is 10.0 Å². The van der Waals surface area contributed by atoms with Crippen LogP contribution in [0.25, 0.3) is 0 Å². The lowest BCUT2D eigenvalue weighted by molar-refractivity contribution is 0.213. The minimum atomic E-state index is -3.95. The summed E-state index contributed by atoms with van der Waals surface area (Å²) in [6, 6.07) is 2.22. The van der Waals surface area contributed by atoms with Crippen molar-refractivity contribution in [2.75, 3.05) is 18.9 Å². The molecular formula is C12H17FN2O3S. The van der Waals surface area contributed by atoms with Gasteiger partial charge in [-0.2, -0.15) is 0 Å². The number of hydrogen-bond donors (Lipinski definition) is 3. The van der Waals surface area contributed by atoms with Gasteiger partial charge < -0.3 is 10.8 Å². The van der Waals surface area contributed by atoms with Crippen molar-refractivity contribution < 1.29 is 17.9 Å². The first-order valence-electron chi connectivity index (χ1n) is 5.96. The maximum absolute atomic E-state index is 13.7. The Hall–Kier alpha value is -1.18. The zero-order chi connectivity index (χ0) is 14.3. The normalized spacial score (nSPS) is 17.4. The van der Waals surface area contributed by atoms with Crippen molar-refractivity contribution in [3.63, 3.8) is 0 Å². The Morgan fingerprint density at radius 3 is 2.63 bits per heavy atom. The summed E-state index contributed by atoms with van der Waals surface area (Å²) in [5.41, 5.74) is 5.95. The summed E-state index contributed by atoms with van der Waals surface area (Å²) < 4.78 is 40.1. The molecule has 0 spiro atoms. The van der Waals surface area contributed by atoms with Gasteiger partial charge in [-0.15, -0.1) is 0 Å². The number of nitrogens with one attached hydrogen (secondary N) is 1. The van der Waals surface area contributed by atoms with Crippen molar-refractivity contribution in [3.05, 3.63) is 23.5 Å². The van der Waals surface area contributed by atoms with Gasteiger partial charge in [-0.25, -0.2) is 17.5 Å². The van der Waals surface area contributed by atoms with Gasteiger partial charge in [-0.05, 0) is 37.5 Å². The van der Waals surface area contributed by atoms with E-state index in [0.717, 1.165) is 25.0 Å². The monoisotopic (exact) mass is 288 g/mol. The van der Waals surface area contributed by atoms with Gasteiger partial charge in [-0.1, -0.05) is 0 Å². The van der Waals surface area contributed by atoms with Crippen LogP contribution in [-0.4, -0.2) is 26.7 Å². The second kappa shape index (κ2) is 4.73. The number of aryl methyl sites for hydroxylation is 1. The van der Waals surface area contributed by atoms with Crippen LogP contribution < -0.4 is 10.5 Å². The average molecular weight is 288 g/mol. The molecule has 7 heteroatoms. The Kier molecular flexibility index (Phi) is 3.55. The number of anilines is 1. The van der Waals surface area contributed by atoms with Crippen LogP contribution >= 0.6 is 0 Å². The highest BCUT2D eigenvalue weighted by atomic mass is 32.2. The molecule has 1 aromatic rings. The molecule has 2 rings (SSSR count). The maximum atomic E-state index is 13.7. The summed E-state index contributed by atoms with van der Waals surface area (Å²) in [6.07, 6.45) is 1.54. The van der Waals surface area contributed by atoms with Gasteiger partial charge in [0.1, 0.15) is 10.7 Å². The first-order valence-corrected chi connectivity index (χ1v) is 7.44. The van der Waals surface area contributed by atoms with Crippen LogP contribution in [0, 0.1) is 18.2 Å². The lowest BCUT2D eigenvalue weighted by atomic mass is 10.1. The Morgan fingerprint density at radius 2 is 2.11 bits per heavy atom. The molecule has 1 aromatic carbocycles. The molecule has 0 saturated heterocycles. The van der Waals surface area contributed by atoms with Crippen LogP contribution in [0.2, 0.25) is 0 Å². The predicted octanol–water partition coefficient (Wildman–Crippen LogP) is 0.767. The summed E-state index contributed by atoms with van der Waals surface area (Å²) in [7, 11) is -3.95. The van der Waals surface area contributed by atoms with E-state index in [2.05, 4.69) is 4.72 Å². The summed E-state index contributed by atoms with van der Waals surface area (Å²) in [5.74, 6) is -0.826. The van der Waals surface area contributed by atoms with E-state index >= 15 is 0 Å². The molecule has 0 unspecified atom stereocenters. The van der Waals surface area contributed by atoms with E-state index in [1.54, 1.807) is 6.92 Å². The zero-order valence-electron chi connectivity index (χ0n) is 10.6. The third-order valence-corrected chi connectivity index (χ3v) is 4.96. The number of sulfonamides is 1. The molecule has 0 radical (unpaired) electrons. The standard InChI is InChI=1S/C12H17FN2O3S/c1-8-4-9(13)11(5-10(8)14)19(17,18)15-6-12(7-16)2-3-12/h4-5,15-16H,2-3,6-7,14H2,1H3. The number of nitrogen functional groups attached to an aromatic ring is 1. The van der Waals surface area contributed by atoms with Crippen LogP contribution in [-0.2, 0) is 10.0 Å². The quantitative estimate of drug-likeness (QED) is 0.698. The van der Waals surface area contributed by atoms with Gasteiger partial charge in [-0.3, -0.25) is 0 Å². The van der Waals surface area contributed by atoms with Crippen LogP contribution in [0.1, 0.15) is 18.4 Å². The highest BCUT2D eigenvalue weighted by molar-refractivity contribution is 7.89. The van der Waals surface area contributed by atoms with E-state index in [1.807, 2.05) is 0 Å². The first kappa shape index (κ1) is 14.2. The fraction of sp³-hybridized carbons (Fsp3) is 0.500. The molecular weight excluding hydrogens is 271 g/mol. The molecule has 1 aliphatic rings. The summed E-state index contributed by atoms with van der Waals surface area (Å²) >= 11 is 0. The molecule has 0 aromatic heterocycles. The third kappa shape index (κ3) is 2.88. The third-order valence-electron chi connectivity index (χ3n) is 3.54. The van der Waals surface area contributed by atoms with Gasteiger partial charge in [0, 0.05) is 24.3 Å². The second-order valence-electron chi connectivity index (χ2n) is 5.12. The van der Waals surface area contributed by atoms with E-state index in [4.69, 9.17) is 10.8 Å². The molecule has 19 heavy (non-hydrogen) atoms. The number of rotatable bonds is 5. The Labute approximate surface area is 111 Å². The topological polar surface area (TPSA) is 92.4 Å². The lowest BCUT2D eigenvalue weighted by Gasteiger charge is -2.14. The molecule has 0 aliphatic heterocycles. The van der Waals surface area contributed by atoms with Crippen molar-refractivity contribution in [2.45, 2.75) is 24.7 Å². The van der Waals surface area contributed by atoms with Crippen molar-refractivity contribution in [1.29, 1.82) is 0 Å². The number of aliphatic hydroxyl groups excluding tert-OH is 1. The number of hydrogen-bond acceptors (Lipinski definition) is 4. The first-order chi connectivity index (χ1) is 8.80. The van der Waals surface area contributed by atoms with Crippen LogP contribution in [0.15, 0.2) is 17.0 Å². The van der Waals surface area contributed by atoms with Gasteiger partial charge in [0.25, 0.3) is 0 Å². The summed E-state index contributed by atoms with van der Waals surface area (Å²) in [4.78, 5) is -0.454.